The smallest absolute Gasteiger partial charge is 0.258 e. The van der Waals surface area contributed by atoms with E-state index in [0.29, 0.717) is 10.4 Å². The third-order valence-electron chi connectivity index (χ3n) is 2.04. The van der Waals surface area contributed by atoms with Crippen LogP contribution in [-0.4, -0.2) is 4.57 Å². The zero-order chi connectivity index (χ0) is 9.42. The van der Waals surface area contributed by atoms with Crippen molar-refractivity contribution in [2.24, 2.45) is 7.05 Å². The van der Waals surface area contributed by atoms with Crippen LogP contribution in [0.4, 0.5) is 0 Å². The maximum atomic E-state index is 11.6. The van der Waals surface area contributed by atoms with Crippen LogP contribution in [0.3, 0.4) is 0 Å². The number of aryl methyl sites for hydroxylation is 1. The van der Waals surface area contributed by atoms with E-state index >= 15 is 0 Å². The molecule has 0 aliphatic carbocycles. The van der Waals surface area contributed by atoms with Gasteiger partial charge in [-0.25, -0.2) is 0 Å². The van der Waals surface area contributed by atoms with Gasteiger partial charge in [-0.05, 0) is 23.6 Å². The van der Waals surface area contributed by atoms with E-state index in [2.05, 4.69) is 0 Å². The van der Waals surface area contributed by atoms with Gasteiger partial charge in [0, 0.05) is 23.7 Å². The highest BCUT2D eigenvalue weighted by Gasteiger charge is 1.99. The lowest BCUT2D eigenvalue weighted by Gasteiger charge is -2.00. The van der Waals surface area contributed by atoms with Crippen LogP contribution in [0.25, 0.3) is 10.8 Å². The Hall–Kier alpha value is -1.28. The number of halogens is 1. The minimum Gasteiger partial charge on any atom is -0.318 e. The molecule has 0 atom stereocenters. The molecule has 0 bridgehead atoms. The zero-order valence-electron chi connectivity index (χ0n) is 7.12. The van der Waals surface area contributed by atoms with E-state index in [1.807, 2.05) is 12.1 Å². The summed E-state index contributed by atoms with van der Waals surface area (Å²) in [7, 11) is 1.72. The van der Waals surface area contributed by atoms with E-state index in [9.17, 15) is 4.79 Å². The standard InChI is InChI=1S/C10H8ClNO/c1-12-5-4-7-2-3-8(11)6-9(7)10(12)13/h2-6H,1H3. The summed E-state index contributed by atoms with van der Waals surface area (Å²) < 4.78 is 1.54. The number of pyridine rings is 1. The van der Waals surface area contributed by atoms with Crippen molar-refractivity contribution in [1.82, 2.24) is 4.57 Å². The highest BCUT2D eigenvalue weighted by Crippen LogP contribution is 2.15. The number of rotatable bonds is 0. The first kappa shape index (κ1) is 8.32. The minimum atomic E-state index is -0.0139. The molecule has 1 aromatic carbocycles. The molecule has 0 radical (unpaired) electrons. The summed E-state index contributed by atoms with van der Waals surface area (Å²) in [6, 6.07) is 7.22. The van der Waals surface area contributed by atoms with Gasteiger partial charge in [0.05, 0.1) is 0 Å². The van der Waals surface area contributed by atoms with Crippen molar-refractivity contribution in [3.63, 3.8) is 0 Å². The van der Waals surface area contributed by atoms with E-state index in [0.717, 1.165) is 5.39 Å². The SMILES string of the molecule is Cn1ccc2ccc(Cl)cc2c1=O. The first-order chi connectivity index (χ1) is 6.18. The molecule has 0 spiro atoms. The Morgan fingerprint density at radius 2 is 2.08 bits per heavy atom. The largest absolute Gasteiger partial charge is 0.318 e. The molecule has 0 saturated carbocycles. The van der Waals surface area contributed by atoms with Crippen molar-refractivity contribution in [3.05, 3.63) is 45.8 Å². The van der Waals surface area contributed by atoms with Gasteiger partial charge >= 0.3 is 0 Å². The third kappa shape index (κ3) is 1.33. The molecule has 0 fully saturated rings. The van der Waals surface area contributed by atoms with Crippen LogP contribution in [0.2, 0.25) is 5.02 Å². The van der Waals surface area contributed by atoms with E-state index in [4.69, 9.17) is 11.6 Å². The van der Waals surface area contributed by atoms with Crippen LogP contribution in [-0.2, 0) is 7.05 Å². The van der Waals surface area contributed by atoms with Crippen LogP contribution in [0, 0.1) is 0 Å². The molecule has 2 nitrogen and oxygen atoms in total. The van der Waals surface area contributed by atoms with Crippen molar-refractivity contribution in [2.75, 3.05) is 0 Å². The van der Waals surface area contributed by atoms with Crippen LogP contribution >= 0.6 is 11.6 Å². The van der Waals surface area contributed by atoms with Gasteiger partial charge in [0.25, 0.3) is 5.56 Å². The van der Waals surface area contributed by atoms with Crippen LogP contribution in [0.5, 0.6) is 0 Å². The third-order valence-corrected chi connectivity index (χ3v) is 2.28. The highest BCUT2D eigenvalue weighted by atomic mass is 35.5. The fourth-order valence-electron chi connectivity index (χ4n) is 1.31. The van der Waals surface area contributed by atoms with Crippen molar-refractivity contribution in [1.29, 1.82) is 0 Å². The molecule has 1 aromatic heterocycles. The molecule has 0 aliphatic rings. The highest BCUT2D eigenvalue weighted by molar-refractivity contribution is 6.31. The van der Waals surface area contributed by atoms with Gasteiger partial charge in [-0.15, -0.1) is 0 Å². The fourth-order valence-corrected chi connectivity index (χ4v) is 1.48. The Labute approximate surface area is 80.4 Å². The van der Waals surface area contributed by atoms with Crippen molar-refractivity contribution in [3.8, 4) is 0 Å². The summed E-state index contributed by atoms with van der Waals surface area (Å²) in [5.74, 6) is 0. The topological polar surface area (TPSA) is 22.0 Å². The number of fused-ring (bicyclic) bond motifs is 1. The number of hydrogen-bond donors (Lipinski definition) is 0. The maximum absolute atomic E-state index is 11.6. The molecule has 0 N–H and O–H groups in total. The molecule has 13 heavy (non-hydrogen) atoms. The average molecular weight is 194 g/mol. The van der Waals surface area contributed by atoms with Gasteiger partial charge in [-0.1, -0.05) is 17.7 Å². The first-order valence-corrected chi connectivity index (χ1v) is 4.31. The van der Waals surface area contributed by atoms with Crippen molar-refractivity contribution in [2.45, 2.75) is 0 Å². The van der Waals surface area contributed by atoms with Gasteiger partial charge in [0.1, 0.15) is 0 Å². The minimum absolute atomic E-state index is 0.0139. The number of nitrogens with zero attached hydrogens (tertiary/aromatic N) is 1. The normalized spacial score (nSPS) is 10.6. The Morgan fingerprint density at radius 1 is 1.31 bits per heavy atom. The van der Waals surface area contributed by atoms with Crippen molar-refractivity contribution < 1.29 is 0 Å². The summed E-state index contributed by atoms with van der Waals surface area (Å²) in [4.78, 5) is 11.6. The maximum Gasteiger partial charge on any atom is 0.258 e. The lowest BCUT2D eigenvalue weighted by atomic mass is 10.2. The molecule has 0 aliphatic heterocycles. The van der Waals surface area contributed by atoms with Gasteiger partial charge < -0.3 is 4.57 Å². The molecule has 2 rings (SSSR count). The molecule has 0 amide bonds. The second-order valence-corrected chi connectivity index (χ2v) is 3.40. The number of hydrogen-bond acceptors (Lipinski definition) is 1. The summed E-state index contributed by atoms with van der Waals surface area (Å²) in [5.41, 5.74) is -0.0139. The van der Waals surface area contributed by atoms with Gasteiger partial charge in [0.2, 0.25) is 0 Å². The zero-order valence-corrected chi connectivity index (χ0v) is 7.88. The average Bonchev–Trinajstić information content (AvgIpc) is 2.12. The second-order valence-electron chi connectivity index (χ2n) is 2.96. The van der Waals surface area contributed by atoms with Crippen LogP contribution in [0.1, 0.15) is 0 Å². The lowest BCUT2D eigenvalue weighted by Crippen LogP contribution is -2.15. The number of benzene rings is 1. The van der Waals surface area contributed by atoms with E-state index in [-0.39, 0.29) is 5.56 Å². The Morgan fingerprint density at radius 3 is 2.85 bits per heavy atom. The summed E-state index contributed by atoms with van der Waals surface area (Å²) in [6.07, 6.45) is 1.75. The van der Waals surface area contributed by atoms with Crippen LogP contribution < -0.4 is 5.56 Å². The molecule has 0 saturated heterocycles. The van der Waals surface area contributed by atoms with Gasteiger partial charge in [0.15, 0.2) is 0 Å². The van der Waals surface area contributed by atoms with Crippen LogP contribution in [0.15, 0.2) is 35.3 Å². The quantitative estimate of drug-likeness (QED) is 0.629. The van der Waals surface area contributed by atoms with Gasteiger partial charge in [-0.2, -0.15) is 0 Å². The van der Waals surface area contributed by atoms with Gasteiger partial charge in [-0.3, -0.25) is 4.79 Å². The molecule has 1 heterocycles. The molecule has 66 valence electrons. The first-order valence-electron chi connectivity index (χ1n) is 3.93. The predicted molar refractivity (Wildman–Crippen MR) is 54.2 cm³/mol. The molecular formula is C10H8ClNO. The molecule has 3 heteroatoms. The molecular weight excluding hydrogens is 186 g/mol. The Balaban J connectivity index is 2.97. The van der Waals surface area contributed by atoms with E-state index in [1.54, 1.807) is 29.9 Å². The van der Waals surface area contributed by atoms with E-state index in [1.165, 1.54) is 0 Å². The summed E-state index contributed by atoms with van der Waals surface area (Å²) >= 11 is 5.79. The lowest BCUT2D eigenvalue weighted by molar-refractivity contribution is 0.873. The number of aromatic nitrogens is 1. The Bertz CT molecular complexity index is 511. The second kappa shape index (κ2) is 2.89. The molecule has 0 unspecified atom stereocenters. The molecule has 2 aromatic rings. The Kier molecular flexibility index (Phi) is 1.85. The summed E-state index contributed by atoms with van der Waals surface area (Å²) in [5, 5.41) is 2.18. The van der Waals surface area contributed by atoms with Crippen molar-refractivity contribution >= 4 is 22.4 Å². The fraction of sp³-hybridized carbons (Fsp3) is 0.100. The van der Waals surface area contributed by atoms with E-state index < -0.39 is 0 Å². The predicted octanol–water partition coefficient (Wildman–Crippen LogP) is 2.19. The monoisotopic (exact) mass is 193 g/mol. The summed E-state index contributed by atoms with van der Waals surface area (Å²) in [6.45, 7) is 0.